The molecule has 0 aliphatic rings. The Kier molecular flexibility index (Phi) is 6.65. The number of benzene rings is 2. The Balaban J connectivity index is 2.11. The maximum absolute atomic E-state index is 12.9. The Hall–Kier alpha value is -3.22. The summed E-state index contributed by atoms with van der Waals surface area (Å²) in [6.07, 6.45) is 0.602. The molecule has 2 atom stereocenters. The fourth-order valence-corrected chi connectivity index (χ4v) is 2.45. The van der Waals surface area contributed by atoms with Crippen molar-refractivity contribution in [1.82, 2.24) is 5.32 Å². The molecule has 0 aliphatic carbocycles. The summed E-state index contributed by atoms with van der Waals surface area (Å²) in [5, 5.41) is 14.4. The van der Waals surface area contributed by atoms with Crippen LogP contribution < -0.4 is 10.6 Å². The summed E-state index contributed by atoms with van der Waals surface area (Å²) in [5.74, 6) is -2.76. The molecule has 0 aliphatic heterocycles. The van der Waals surface area contributed by atoms with Crippen molar-refractivity contribution in [3.05, 3.63) is 65.5 Å². The summed E-state index contributed by atoms with van der Waals surface area (Å²) in [6.45, 7) is 3.59. The summed E-state index contributed by atoms with van der Waals surface area (Å²) in [7, 11) is 0. The van der Waals surface area contributed by atoms with Crippen LogP contribution in [0, 0.1) is 11.7 Å². The lowest BCUT2D eigenvalue weighted by molar-refractivity contribution is -0.140. The minimum Gasteiger partial charge on any atom is -0.480 e. The van der Waals surface area contributed by atoms with Gasteiger partial charge in [-0.2, -0.15) is 0 Å². The van der Waals surface area contributed by atoms with Crippen molar-refractivity contribution in [2.45, 2.75) is 26.3 Å². The van der Waals surface area contributed by atoms with Gasteiger partial charge in [0.05, 0.1) is 0 Å². The third kappa shape index (κ3) is 5.37. The Morgan fingerprint density at radius 3 is 2.30 bits per heavy atom. The zero-order valence-electron chi connectivity index (χ0n) is 15.0. The lowest BCUT2D eigenvalue weighted by atomic mass is 9.99. The van der Waals surface area contributed by atoms with Gasteiger partial charge in [-0.05, 0) is 48.4 Å². The number of hydrogen-bond donors (Lipinski definition) is 3. The molecule has 7 heteroatoms. The van der Waals surface area contributed by atoms with Crippen LogP contribution in [-0.4, -0.2) is 28.9 Å². The zero-order valence-corrected chi connectivity index (χ0v) is 15.0. The number of aliphatic carboxylic acids is 1. The molecule has 142 valence electrons. The molecule has 2 aromatic rings. The maximum Gasteiger partial charge on any atom is 0.326 e. The van der Waals surface area contributed by atoms with E-state index in [1.165, 1.54) is 36.4 Å². The summed E-state index contributed by atoms with van der Waals surface area (Å²) in [6, 6.07) is 10.2. The molecule has 0 saturated carbocycles. The van der Waals surface area contributed by atoms with Gasteiger partial charge in [0.15, 0.2) is 0 Å². The first-order chi connectivity index (χ1) is 12.8. The van der Waals surface area contributed by atoms with Crippen LogP contribution in [0.3, 0.4) is 0 Å². The molecular weight excluding hydrogens is 351 g/mol. The average Bonchev–Trinajstić information content (AvgIpc) is 2.65. The topological polar surface area (TPSA) is 95.5 Å². The van der Waals surface area contributed by atoms with E-state index < -0.39 is 29.6 Å². The predicted octanol–water partition coefficient (Wildman–Crippen LogP) is 3.31. The SMILES string of the molecule is CC[C@H](C)[C@H](NC(=O)c1cccc(NC(=O)c2ccc(F)cc2)c1)C(=O)O. The Labute approximate surface area is 156 Å². The lowest BCUT2D eigenvalue weighted by Gasteiger charge is -2.20. The maximum atomic E-state index is 12.9. The average molecular weight is 372 g/mol. The second-order valence-electron chi connectivity index (χ2n) is 6.22. The lowest BCUT2D eigenvalue weighted by Crippen LogP contribution is -2.45. The highest BCUT2D eigenvalue weighted by Crippen LogP contribution is 2.14. The van der Waals surface area contributed by atoms with E-state index in [0.717, 1.165) is 0 Å². The van der Waals surface area contributed by atoms with Crippen LogP contribution in [0.2, 0.25) is 0 Å². The molecule has 6 nitrogen and oxygen atoms in total. The van der Waals surface area contributed by atoms with E-state index >= 15 is 0 Å². The van der Waals surface area contributed by atoms with Gasteiger partial charge in [-0.3, -0.25) is 9.59 Å². The number of carbonyl (C=O) groups excluding carboxylic acids is 2. The number of halogens is 1. The van der Waals surface area contributed by atoms with Crippen LogP contribution >= 0.6 is 0 Å². The van der Waals surface area contributed by atoms with Gasteiger partial charge in [-0.15, -0.1) is 0 Å². The molecule has 2 rings (SSSR count). The van der Waals surface area contributed by atoms with Crippen molar-refractivity contribution in [3.63, 3.8) is 0 Å². The largest absolute Gasteiger partial charge is 0.480 e. The molecule has 0 radical (unpaired) electrons. The Morgan fingerprint density at radius 2 is 1.70 bits per heavy atom. The van der Waals surface area contributed by atoms with E-state index in [4.69, 9.17) is 0 Å². The van der Waals surface area contributed by atoms with Gasteiger partial charge >= 0.3 is 5.97 Å². The minimum absolute atomic E-state index is 0.224. The number of carboxylic acids is 1. The molecule has 2 aromatic carbocycles. The number of anilines is 1. The van der Waals surface area contributed by atoms with Crippen LogP contribution in [0.1, 0.15) is 41.0 Å². The smallest absolute Gasteiger partial charge is 0.326 e. The normalized spacial score (nSPS) is 12.7. The summed E-state index contributed by atoms with van der Waals surface area (Å²) in [4.78, 5) is 35.9. The first kappa shape index (κ1) is 20.1. The van der Waals surface area contributed by atoms with Gasteiger partial charge < -0.3 is 15.7 Å². The molecular formula is C20H21FN2O4. The third-order valence-electron chi connectivity index (χ3n) is 4.25. The molecule has 0 heterocycles. The van der Waals surface area contributed by atoms with Crippen molar-refractivity contribution < 1.29 is 23.9 Å². The molecule has 0 spiro atoms. The summed E-state index contributed by atoms with van der Waals surface area (Å²) in [5.41, 5.74) is 0.864. The first-order valence-electron chi connectivity index (χ1n) is 8.52. The zero-order chi connectivity index (χ0) is 20.0. The first-order valence-corrected chi connectivity index (χ1v) is 8.52. The number of carbonyl (C=O) groups is 3. The van der Waals surface area contributed by atoms with Crippen LogP contribution in [0.15, 0.2) is 48.5 Å². The van der Waals surface area contributed by atoms with E-state index in [2.05, 4.69) is 10.6 Å². The van der Waals surface area contributed by atoms with Crippen molar-refractivity contribution in [1.29, 1.82) is 0 Å². The van der Waals surface area contributed by atoms with E-state index in [1.807, 2.05) is 6.92 Å². The Bertz CT molecular complexity index is 836. The van der Waals surface area contributed by atoms with E-state index in [-0.39, 0.29) is 17.0 Å². The van der Waals surface area contributed by atoms with Gasteiger partial charge in [0.1, 0.15) is 11.9 Å². The highest BCUT2D eigenvalue weighted by molar-refractivity contribution is 6.05. The fraction of sp³-hybridized carbons (Fsp3) is 0.250. The Morgan fingerprint density at radius 1 is 1.04 bits per heavy atom. The van der Waals surface area contributed by atoms with Crippen LogP contribution in [-0.2, 0) is 4.79 Å². The molecule has 0 fully saturated rings. The van der Waals surface area contributed by atoms with Crippen molar-refractivity contribution in [2.75, 3.05) is 5.32 Å². The molecule has 0 unspecified atom stereocenters. The summed E-state index contributed by atoms with van der Waals surface area (Å²) >= 11 is 0. The minimum atomic E-state index is -1.10. The highest BCUT2D eigenvalue weighted by atomic mass is 19.1. The third-order valence-corrected chi connectivity index (χ3v) is 4.25. The molecule has 0 aromatic heterocycles. The summed E-state index contributed by atoms with van der Waals surface area (Å²) < 4.78 is 12.9. The quantitative estimate of drug-likeness (QED) is 0.695. The fourth-order valence-electron chi connectivity index (χ4n) is 2.45. The van der Waals surface area contributed by atoms with E-state index in [1.54, 1.807) is 19.1 Å². The van der Waals surface area contributed by atoms with Crippen molar-refractivity contribution in [3.8, 4) is 0 Å². The van der Waals surface area contributed by atoms with Gasteiger partial charge in [0, 0.05) is 16.8 Å². The number of nitrogens with one attached hydrogen (secondary N) is 2. The second-order valence-corrected chi connectivity index (χ2v) is 6.22. The molecule has 0 bridgehead atoms. The van der Waals surface area contributed by atoms with Crippen LogP contribution in [0.25, 0.3) is 0 Å². The monoisotopic (exact) mass is 372 g/mol. The van der Waals surface area contributed by atoms with Gasteiger partial charge in [0.25, 0.3) is 11.8 Å². The number of rotatable bonds is 7. The highest BCUT2D eigenvalue weighted by Gasteiger charge is 2.25. The van der Waals surface area contributed by atoms with Crippen LogP contribution in [0.5, 0.6) is 0 Å². The molecule has 2 amide bonds. The van der Waals surface area contributed by atoms with Crippen molar-refractivity contribution in [2.24, 2.45) is 5.92 Å². The number of carboxylic acid groups (broad SMARTS) is 1. The molecule has 0 saturated heterocycles. The van der Waals surface area contributed by atoms with E-state index in [9.17, 15) is 23.9 Å². The van der Waals surface area contributed by atoms with Gasteiger partial charge in [-0.25, -0.2) is 9.18 Å². The van der Waals surface area contributed by atoms with Crippen molar-refractivity contribution >= 4 is 23.5 Å². The standard InChI is InChI=1S/C20H21FN2O4/c1-3-12(2)17(20(26)27)23-19(25)14-5-4-6-16(11-14)22-18(24)13-7-9-15(21)10-8-13/h4-12,17H,3H2,1-2H3,(H,22,24)(H,23,25)(H,26,27)/t12-,17-/m0/s1. The molecule has 27 heavy (non-hydrogen) atoms. The van der Waals surface area contributed by atoms with Gasteiger partial charge in [-0.1, -0.05) is 26.3 Å². The van der Waals surface area contributed by atoms with Crippen LogP contribution in [0.4, 0.5) is 10.1 Å². The molecule has 3 N–H and O–H groups in total. The second kappa shape index (κ2) is 8.93. The number of hydrogen-bond acceptors (Lipinski definition) is 3. The predicted molar refractivity (Wildman–Crippen MR) is 99.1 cm³/mol. The number of amides is 2. The van der Waals surface area contributed by atoms with Gasteiger partial charge in [0.2, 0.25) is 0 Å². The van der Waals surface area contributed by atoms with E-state index in [0.29, 0.717) is 12.1 Å².